The number of fused-ring (bicyclic) bond motifs is 1. The van der Waals surface area contributed by atoms with Gasteiger partial charge in [0.15, 0.2) is 5.65 Å². The van der Waals surface area contributed by atoms with Crippen molar-refractivity contribution in [2.45, 2.75) is 38.8 Å². The maximum atomic E-state index is 12.4. The van der Waals surface area contributed by atoms with Crippen LogP contribution in [-0.2, 0) is 24.9 Å². The minimum atomic E-state index is -0.276. The highest BCUT2D eigenvalue weighted by molar-refractivity contribution is 5.77. The lowest BCUT2D eigenvalue weighted by molar-refractivity contribution is -0.121. The predicted octanol–water partition coefficient (Wildman–Crippen LogP) is 1.22. The van der Waals surface area contributed by atoms with Crippen LogP contribution in [0, 0.1) is 0 Å². The zero-order chi connectivity index (χ0) is 20.2. The third-order valence-electron chi connectivity index (χ3n) is 5.26. The molecule has 0 saturated carbocycles. The van der Waals surface area contributed by atoms with Crippen molar-refractivity contribution in [1.82, 2.24) is 29.6 Å². The Hall–Kier alpha value is -3.23. The van der Waals surface area contributed by atoms with Gasteiger partial charge >= 0.3 is 0 Å². The fourth-order valence-electron chi connectivity index (χ4n) is 3.60. The van der Waals surface area contributed by atoms with Crippen molar-refractivity contribution in [3.63, 3.8) is 0 Å². The molecule has 0 unspecified atom stereocenters. The van der Waals surface area contributed by atoms with Gasteiger partial charge in [0.1, 0.15) is 24.1 Å². The maximum Gasteiger partial charge on any atom is 0.264 e. The number of aryl methyl sites for hydroxylation is 1. The summed E-state index contributed by atoms with van der Waals surface area (Å²) in [4.78, 5) is 35.8. The smallest absolute Gasteiger partial charge is 0.264 e. The van der Waals surface area contributed by atoms with Crippen LogP contribution in [0.4, 0.5) is 5.82 Å². The summed E-state index contributed by atoms with van der Waals surface area (Å²) in [6.45, 7) is 2.37. The lowest BCUT2D eigenvalue weighted by atomic mass is 10.2. The summed E-state index contributed by atoms with van der Waals surface area (Å²) in [5, 5.41) is 7.26. The molecule has 0 radical (unpaired) electrons. The predicted molar refractivity (Wildman–Crippen MR) is 110 cm³/mol. The molecule has 4 heterocycles. The van der Waals surface area contributed by atoms with Crippen LogP contribution in [0.2, 0.25) is 0 Å². The number of carbonyl (C=O) groups is 1. The van der Waals surface area contributed by atoms with Crippen LogP contribution < -0.4 is 15.8 Å². The average Bonchev–Trinajstić information content (AvgIpc) is 2.93. The van der Waals surface area contributed by atoms with Crippen molar-refractivity contribution >= 4 is 22.8 Å². The van der Waals surface area contributed by atoms with E-state index in [4.69, 9.17) is 0 Å². The summed E-state index contributed by atoms with van der Waals surface area (Å²) in [7, 11) is 1.72. The first-order chi connectivity index (χ1) is 14.1. The summed E-state index contributed by atoms with van der Waals surface area (Å²) in [6.07, 6.45) is 9.63. The van der Waals surface area contributed by atoms with Gasteiger partial charge in [-0.15, -0.1) is 0 Å². The van der Waals surface area contributed by atoms with Gasteiger partial charge in [0, 0.05) is 32.9 Å². The number of aromatic nitrogens is 5. The second-order valence-electron chi connectivity index (χ2n) is 7.39. The molecule has 1 saturated heterocycles. The van der Waals surface area contributed by atoms with E-state index in [0.29, 0.717) is 17.6 Å². The van der Waals surface area contributed by atoms with Crippen molar-refractivity contribution in [2.75, 3.05) is 18.0 Å². The molecule has 0 atom stereocenters. The van der Waals surface area contributed by atoms with E-state index in [9.17, 15) is 9.59 Å². The fraction of sp³-hybridized carbons (Fsp3) is 0.450. The first-order valence-corrected chi connectivity index (χ1v) is 9.95. The highest BCUT2D eigenvalue weighted by Crippen LogP contribution is 2.17. The number of pyridine rings is 1. The van der Waals surface area contributed by atoms with E-state index in [1.54, 1.807) is 13.2 Å². The fourth-order valence-corrected chi connectivity index (χ4v) is 3.60. The molecule has 0 aliphatic carbocycles. The van der Waals surface area contributed by atoms with E-state index in [-0.39, 0.29) is 18.0 Å². The molecule has 29 heavy (non-hydrogen) atoms. The lowest BCUT2D eigenvalue weighted by Crippen LogP contribution is -2.32. The molecule has 0 spiro atoms. The standard InChI is InChI=1S/C20H25N7O2/c1-25-19-16(12-24-25)20(29)27(14-23-19)13-18(28)22-11-15-6-7-17(21-10-15)26-8-4-2-3-5-9-26/h6-7,10,12,14H,2-5,8-9,11,13H2,1H3,(H,22,28). The summed E-state index contributed by atoms with van der Waals surface area (Å²) in [5.41, 5.74) is 1.15. The van der Waals surface area contributed by atoms with E-state index >= 15 is 0 Å². The van der Waals surface area contributed by atoms with Crippen LogP contribution in [0.1, 0.15) is 31.2 Å². The lowest BCUT2D eigenvalue weighted by Gasteiger charge is -2.21. The molecule has 1 fully saturated rings. The molecular weight excluding hydrogens is 370 g/mol. The van der Waals surface area contributed by atoms with Gasteiger partial charge in [0.05, 0.1) is 6.20 Å². The van der Waals surface area contributed by atoms with Gasteiger partial charge in [-0.25, -0.2) is 9.97 Å². The van der Waals surface area contributed by atoms with Gasteiger partial charge in [0.25, 0.3) is 5.56 Å². The first-order valence-electron chi connectivity index (χ1n) is 9.95. The Morgan fingerprint density at radius 1 is 1.10 bits per heavy atom. The number of hydrogen-bond acceptors (Lipinski definition) is 6. The summed E-state index contributed by atoms with van der Waals surface area (Å²) in [6, 6.07) is 4.00. The Morgan fingerprint density at radius 3 is 2.62 bits per heavy atom. The largest absolute Gasteiger partial charge is 0.357 e. The minimum absolute atomic E-state index is 0.0873. The Labute approximate surface area is 168 Å². The number of nitrogens with zero attached hydrogens (tertiary/aromatic N) is 6. The monoisotopic (exact) mass is 395 g/mol. The molecule has 152 valence electrons. The van der Waals surface area contributed by atoms with E-state index in [1.807, 2.05) is 12.1 Å². The van der Waals surface area contributed by atoms with Crippen molar-refractivity contribution in [3.8, 4) is 0 Å². The summed E-state index contributed by atoms with van der Waals surface area (Å²) in [5.74, 6) is 0.734. The number of nitrogens with one attached hydrogen (secondary N) is 1. The number of rotatable bonds is 5. The van der Waals surface area contributed by atoms with Gasteiger partial charge in [-0.1, -0.05) is 18.9 Å². The van der Waals surface area contributed by atoms with Crippen molar-refractivity contribution in [3.05, 3.63) is 46.8 Å². The molecule has 0 bridgehead atoms. The van der Waals surface area contributed by atoms with Crippen molar-refractivity contribution < 1.29 is 4.79 Å². The van der Waals surface area contributed by atoms with Gasteiger partial charge in [-0.3, -0.25) is 18.8 Å². The number of hydrogen-bond donors (Lipinski definition) is 1. The number of anilines is 1. The van der Waals surface area contributed by atoms with Crippen molar-refractivity contribution in [1.29, 1.82) is 0 Å². The van der Waals surface area contributed by atoms with Gasteiger partial charge < -0.3 is 10.2 Å². The van der Waals surface area contributed by atoms with E-state index in [0.717, 1.165) is 24.5 Å². The second kappa shape index (κ2) is 8.42. The molecule has 9 nitrogen and oxygen atoms in total. The zero-order valence-electron chi connectivity index (χ0n) is 16.5. The van der Waals surface area contributed by atoms with Crippen LogP contribution in [0.3, 0.4) is 0 Å². The van der Waals surface area contributed by atoms with Crippen LogP contribution in [0.25, 0.3) is 11.0 Å². The van der Waals surface area contributed by atoms with Crippen LogP contribution >= 0.6 is 0 Å². The molecule has 1 aliphatic heterocycles. The SMILES string of the molecule is Cn1ncc2c(=O)n(CC(=O)NCc3ccc(N4CCCCCC4)nc3)cnc21. The normalized spacial score (nSPS) is 14.7. The van der Waals surface area contributed by atoms with Gasteiger partial charge in [-0.05, 0) is 24.5 Å². The highest BCUT2D eigenvalue weighted by Gasteiger charge is 2.12. The quantitative estimate of drug-likeness (QED) is 0.698. The highest BCUT2D eigenvalue weighted by atomic mass is 16.2. The van der Waals surface area contributed by atoms with Crippen LogP contribution in [0.15, 0.2) is 35.6 Å². The van der Waals surface area contributed by atoms with Gasteiger partial charge in [0.2, 0.25) is 5.91 Å². The maximum absolute atomic E-state index is 12.4. The third kappa shape index (κ3) is 4.28. The Bertz CT molecular complexity index is 1050. The van der Waals surface area contributed by atoms with Crippen LogP contribution in [0.5, 0.6) is 0 Å². The molecule has 0 aromatic carbocycles. The molecule has 3 aromatic rings. The molecule has 3 aromatic heterocycles. The molecular formula is C20H25N7O2. The molecule has 9 heteroatoms. The number of amides is 1. The average molecular weight is 395 g/mol. The van der Waals surface area contributed by atoms with Gasteiger partial charge in [-0.2, -0.15) is 5.10 Å². The third-order valence-corrected chi connectivity index (χ3v) is 5.26. The van der Waals surface area contributed by atoms with E-state index < -0.39 is 0 Å². The molecule has 1 amide bonds. The number of carbonyl (C=O) groups excluding carboxylic acids is 1. The minimum Gasteiger partial charge on any atom is -0.357 e. The molecule has 1 N–H and O–H groups in total. The molecule has 4 rings (SSSR count). The summed E-state index contributed by atoms with van der Waals surface area (Å²) >= 11 is 0. The summed E-state index contributed by atoms with van der Waals surface area (Å²) < 4.78 is 2.82. The second-order valence-corrected chi connectivity index (χ2v) is 7.39. The van der Waals surface area contributed by atoms with E-state index in [1.165, 1.54) is 47.5 Å². The zero-order valence-corrected chi connectivity index (χ0v) is 16.5. The first kappa shape index (κ1) is 19.1. The van der Waals surface area contributed by atoms with Crippen LogP contribution in [-0.4, -0.2) is 43.3 Å². The Kier molecular flexibility index (Phi) is 5.55. The van der Waals surface area contributed by atoms with Crippen molar-refractivity contribution in [2.24, 2.45) is 7.05 Å². The van der Waals surface area contributed by atoms with E-state index in [2.05, 4.69) is 25.3 Å². The Morgan fingerprint density at radius 2 is 1.90 bits per heavy atom. The molecule has 1 aliphatic rings. The Balaban J connectivity index is 1.35. The topological polar surface area (TPSA) is 97.9 Å².